The molecule has 0 saturated heterocycles. The molecule has 0 fully saturated rings. The van der Waals surface area contributed by atoms with Gasteiger partial charge in [0, 0.05) is 29.5 Å². The average molecular weight is 526 g/mol. The first-order chi connectivity index (χ1) is 17.1. The Bertz CT molecular complexity index is 1230. The van der Waals surface area contributed by atoms with E-state index in [2.05, 4.69) is 5.32 Å². The number of rotatable bonds is 6. The number of carbonyl (C=O) groups excluding carboxylic acids is 1. The highest BCUT2D eigenvalue weighted by atomic mass is 19.4. The molecule has 3 nitrogen and oxygen atoms in total. The van der Waals surface area contributed by atoms with Crippen molar-refractivity contribution < 1.29 is 35.5 Å². The second-order valence-electron chi connectivity index (χ2n) is 8.84. The van der Waals surface area contributed by atoms with Crippen LogP contribution in [0.2, 0.25) is 0 Å². The van der Waals surface area contributed by atoms with Crippen LogP contribution in [0.3, 0.4) is 0 Å². The number of nitrogens with zero attached hydrogens (tertiary/aromatic N) is 1. The van der Waals surface area contributed by atoms with Crippen LogP contribution in [0.25, 0.3) is 0 Å². The van der Waals surface area contributed by atoms with E-state index < -0.39 is 29.5 Å². The van der Waals surface area contributed by atoms with E-state index in [-0.39, 0.29) is 28.4 Å². The van der Waals surface area contributed by atoms with E-state index in [0.717, 1.165) is 5.56 Å². The van der Waals surface area contributed by atoms with Crippen molar-refractivity contribution in [2.24, 2.45) is 0 Å². The van der Waals surface area contributed by atoms with Gasteiger partial charge < -0.3 is 10.2 Å². The lowest BCUT2D eigenvalue weighted by molar-refractivity contribution is -0.348. The Labute approximate surface area is 209 Å². The molecule has 1 atom stereocenters. The predicted octanol–water partition coefficient (Wildman–Crippen LogP) is 8.04. The lowest BCUT2D eigenvalue weighted by Crippen LogP contribution is -2.50. The lowest BCUT2D eigenvalue weighted by Gasteiger charge is -2.31. The van der Waals surface area contributed by atoms with Crippen LogP contribution in [-0.4, -0.2) is 25.3 Å². The summed E-state index contributed by atoms with van der Waals surface area (Å²) in [6.07, 6.45) is -12.4. The summed E-state index contributed by atoms with van der Waals surface area (Å²) >= 11 is 0. The molecular weight excluding hydrogens is 501 g/mol. The number of alkyl halides is 7. The molecule has 0 bridgehead atoms. The first kappa shape index (κ1) is 28.0. The lowest BCUT2D eigenvalue weighted by atomic mass is 9.90. The molecule has 3 rings (SSSR count). The molecule has 0 spiro atoms. The normalized spacial score (nSPS) is 13.3. The van der Waals surface area contributed by atoms with Crippen LogP contribution in [0.4, 0.5) is 42.1 Å². The number of hydrogen-bond donors (Lipinski definition) is 1. The largest absolute Gasteiger partial charge is 0.435 e. The van der Waals surface area contributed by atoms with Gasteiger partial charge in [-0.2, -0.15) is 26.3 Å². The van der Waals surface area contributed by atoms with Gasteiger partial charge in [0.2, 0.25) is 0 Å². The fraction of sp³-hybridized carbons (Fsp3) is 0.296. The molecule has 198 valence electrons. The summed E-state index contributed by atoms with van der Waals surface area (Å²) in [4.78, 5) is 14.9. The molecule has 1 N–H and O–H groups in total. The maximum Gasteiger partial charge on any atom is 0.435 e. The average Bonchev–Trinajstić information content (AvgIpc) is 2.83. The molecule has 3 aromatic rings. The highest BCUT2D eigenvalue weighted by Crippen LogP contribution is 2.53. The van der Waals surface area contributed by atoms with Gasteiger partial charge in [-0.3, -0.25) is 4.79 Å². The van der Waals surface area contributed by atoms with E-state index >= 15 is 0 Å². The summed E-state index contributed by atoms with van der Waals surface area (Å²) in [6, 6.07) is 17.1. The molecule has 0 aliphatic carbocycles. The topological polar surface area (TPSA) is 32.3 Å². The van der Waals surface area contributed by atoms with Crippen LogP contribution in [-0.2, 0) is 5.67 Å². The highest BCUT2D eigenvalue weighted by Gasteiger charge is 2.73. The molecule has 10 heteroatoms. The summed E-state index contributed by atoms with van der Waals surface area (Å²) in [7, 11) is 1.85. The summed E-state index contributed by atoms with van der Waals surface area (Å²) in [6.45, 7) is 4.39. The van der Waals surface area contributed by atoms with Gasteiger partial charge in [-0.05, 0) is 55.7 Å². The molecule has 3 aromatic carbocycles. The Morgan fingerprint density at radius 1 is 0.811 bits per heavy atom. The van der Waals surface area contributed by atoms with Crippen molar-refractivity contribution in [1.29, 1.82) is 0 Å². The summed E-state index contributed by atoms with van der Waals surface area (Å²) in [5.41, 5.74) is -5.46. The molecule has 1 amide bonds. The van der Waals surface area contributed by atoms with Gasteiger partial charge >= 0.3 is 18.0 Å². The van der Waals surface area contributed by atoms with E-state index in [1.54, 1.807) is 18.2 Å². The monoisotopic (exact) mass is 526 g/mol. The van der Waals surface area contributed by atoms with Gasteiger partial charge in [-0.15, -0.1) is 0 Å². The highest BCUT2D eigenvalue weighted by molar-refractivity contribution is 6.05. The fourth-order valence-electron chi connectivity index (χ4n) is 4.08. The molecule has 37 heavy (non-hydrogen) atoms. The van der Waals surface area contributed by atoms with Crippen LogP contribution in [0.1, 0.15) is 45.6 Å². The van der Waals surface area contributed by atoms with Crippen molar-refractivity contribution in [2.75, 3.05) is 17.3 Å². The zero-order valence-corrected chi connectivity index (χ0v) is 20.4. The van der Waals surface area contributed by atoms with Crippen molar-refractivity contribution in [1.82, 2.24) is 0 Å². The predicted molar refractivity (Wildman–Crippen MR) is 128 cm³/mol. The Morgan fingerprint density at radius 3 is 1.86 bits per heavy atom. The molecule has 0 saturated carbocycles. The van der Waals surface area contributed by atoms with Crippen LogP contribution in [0.5, 0.6) is 0 Å². The van der Waals surface area contributed by atoms with E-state index in [0.29, 0.717) is 17.8 Å². The Balaban J connectivity index is 1.90. The first-order valence-electron chi connectivity index (χ1n) is 11.2. The second-order valence-corrected chi connectivity index (χ2v) is 8.84. The molecule has 0 aromatic heterocycles. The third-order valence-corrected chi connectivity index (χ3v) is 6.33. The first-order valence-corrected chi connectivity index (χ1v) is 11.2. The van der Waals surface area contributed by atoms with Crippen molar-refractivity contribution >= 4 is 17.3 Å². The van der Waals surface area contributed by atoms with E-state index in [1.807, 2.05) is 49.2 Å². The van der Waals surface area contributed by atoms with Gasteiger partial charge in [0.1, 0.15) is 0 Å². The van der Waals surface area contributed by atoms with Gasteiger partial charge in [0.25, 0.3) is 5.91 Å². The number of aryl methyl sites for hydroxylation is 2. The maximum absolute atomic E-state index is 14.5. The van der Waals surface area contributed by atoms with Gasteiger partial charge in [0.05, 0.1) is 6.04 Å². The van der Waals surface area contributed by atoms with E-state index in [1.165, 1.54) is 19.9 Å². The van der Waals surface area contributed by atoms with Crippen molar-refractivity contribution in [3.63, 3.8) is 0 Å². The minimum atomic E-state index is -6.22. The number of benzene rings is 3. The Morgan fingerprint density at radius 2 is 1.35 bits per heavy atom. The smallest absolute Gasteiger partial charge is 0.368 e. The third kappa shape index (κ3) is 5.42. The quantitative estimate of drug-likeness (QED) is 0.330. The fourth-order valence-corrected chi connectivity index (χ4v) is 4.08. The number of nitrogens with one attached hydrogen (secondary N) is 1. The van der Waals surface area contributed by atoms with Gasteiger partial charge in [-0.1, -0.05) is 48.5 Å². The molecule has 1 unspecified atom stereocenters. The molecule has 0 aliphatic heterocycles. The minimum Gasteiger partial charge on any atom is -0.368 e. The Hall–Kier alpha value is -3.56. The van der Waals surface area contributed by atoms with Gasteiger partial charge in [0.15, 0.2) is 0 Å². The summed E-state index contributed by atoms with van der Waals surface area (Å²) < 4.78 is 93.6. The zero-order chi connectivity index (χ0) is 27.8. The zero-order valence-electron chi connectivity index (χ0n) is 20.4. The number of anilines is 2. The number of amides is 1. The molecule has 0 aliphatic rings. The third-order valence-electron chi connectivity index (χ3n) is 6.33. The molecular formula is C27H25F7N2O. The maximum atomic E-state index is 14.5. The number of hydrogen-bond acceptors (Lipinski definition) is 2. The van der Waals surface area contributed by atoms with Gasteiger partial charge in [-0.25, -0.2) is 4.39 Å². The van der Waals surface area contributed by atoms with Crippen molar-refractivity contribution in [3.8, 4) is 0 Å². The number of halogens is 7. The molecule has 0 heterocycles. The van der Waals surface area contributed by atoms with Crippen LogP contribution < -0.4 is 10.2 Å². The SMILES string of the molecule is Cc1cc(C(F)(C(F)(F)F)C(F)(F)F)cc(C)c1NC(=O)c1cccc(N(C)C(C)c2ccccc2)c1. The summed E-state index contributed by atoms with van der Waals surface area (Å²) in [5.74, 6) is -0.625. The van der Waals surface area contributed by atoms with E-state index in [4.69, 9.17) is 0 Å². The molecule has 0 radical (unpaired) electrons. The van der Waals surface area contributed by atoms with E-state index in [9.17, 15) is 35.5 Å². The van der Waals surface area contributed by atoms with Crippen LogP contribution in [0.15, 0.2) is 66.7 Å². The minimum absolute atomic E-state index is 0.00291. The second kappa shape index (κ2) is 10.1. The summed E-state index contributed by atoms with van der Waals surface area (Å²) in [5, 5.41) is 2.54. The van der Waals surface area contributed by atoms with Crippen molar-refractivity contribution in [3.05, 3.63) is 94.5 Å². The standard InChI is InChI=1S/C27H25F7N2O/c1-16-13-21(25(28,26(29,30)31)27(32,33)34)14-17(2)23(16)35-24(37)20-11-8-12-22(15-20)36(4)18(3)19-9-6-5-7-10-19/h5-15,18H,1-4H3,(H,35,37). The van der Waals surface area contributed by atoms with Crippen molar-refractivity contribution in [2.45, 2.75) is 44.8 Å². The number of carbonyl (C=O) groups is 1. The Kier molecular flexibility index (Phi) is 7.62. The van der Waals surface area contributed by atoms with Crippen LogP contribution >= 0.6 is 0 Å². The van der Waals surface area contributed by atoms with Crippen LogP contribution in [0, 0.1) is 13.8 Å².